The molecule has 0 aliphatic carbocycles. The van der Waals surface area contributed by atoms with Gasteiger partial charge in [0.2, 0.25) is 0 Å². The van der Waals surface area contributed by atoms with E-state index in [2.05, 4.69) is 0 Å². The Bertz CT molecular complexity index is 768. The molecule has 3 N–H and O–H groups in total. The van der Waals surface area contributed by atoms with Crippen molar-refractivity contribution in [3.05, 3.63) is 0 Å². The van der Waals surface area contributed by atoms with Crippen LogP contribution in [0.3, 0.4) is 0 Å². The van der Waals surface area contributed by atoms with Crippen molar-refractivity contribution in [2.45, 2.75) is 27.2 Å². The van der Waals surface area contributed by atoms with Gasteiger partial charge in [0.25, 0.3) is 0 Å². The summed E-state index contributed by atoms with van der Waals surface area (Å²) in [6.07, 6.45) is 0.557. The Balaban J connectivity index is 2.94. The third kappa shape index (κ3) is 15.7. The van der Waals surface area contributed by atoms with Crippen molar-refractivity contribution in [3.8, 4) is 0 Å². The van der Waals surface area contributed by atoms with Crippen molar-refractivity contribution in [3.63, 3.8) is 0 Å². The number of carboxylic acids is 3. The van der Waals surface area contributed by atoms with Gasteiger partial charge in [-0.3, -0.25) is 34.0 Å². The molecule has 0 radical (unpaired) electrons. The maximum atomic E-state index is 12.6. The average Bonchev–Trinajstić information content (AvgIpc) is 2.70. The number of nitrogens with zero attached hydrogens (tertiary/aromatic N) is 4. The summed E-state index contributed by atoms with van der Waals surface area (Å²) < 4.78 is 25.2. The molecule has 0 saturated carbocycles. The fraction of sp³-hybridized carbons (Fsp3) is 0.864. The summed E-state index contributed by atoms with van der Waals surface area (Å²) in [6, 6.07) is 0. The van der Waals surface area contributed by atoms with E-state index in [0.717, 1.165) is 0 Å². The standard InChI is InChI=1S/C22H42N4O8S/c1-22(2,3)4-14-35(33,34)15-13-23-5-7-24(16-19(27)28)9-11-26(18-21(31)32)12-10-25(8-6-23)17-20(29)30/h4-18H2,1-3H3,(H,27,28)(H,29,30)(H,31,32). The van der Waals surface area contributed by atoms with Crippen LogP contribution >= 0.6 is 0 Å². The van der Waals surface area contributed by atoms with Crippen molar-refractivity contribution >= 4 is 27.7 Å². The Kier molecular flexibility index (Phi) is 13.1. The fourth-order valence-corrected chi connectivity index (χ4v) is 5.35. The molecule has 0 bridgehead atoms. The van der Waals surface area contributed by atoms with E-state index in [-0.39, 0.29) is 43.1 Å². The Morgan fingerprint density at radius 3 is 1.23 bits per heavy atom. The highest BCUT2D eigenvalue weighted by atomic mass is 32.2. The molecule has 1 saturated heterocycles. The Morgan fingerprint density at radius 1 is 0.629 bits per heavy atom. The van der Waals surface area contributed by atoms with Crippen LogP contribution in [0.15, 0.2) is 0 Å². The first-order valence-corrected chi connectivity index (χ1v) is 13.7. The lowest BCUT2D eigenvalue weighted by atomic mass is 9.94. The second kappa shape index (κ2) is 14.7. The smallest absolute Gasteiger partial charge is 0.317 e. The molecule has 1 rings (SSSR count). The lowest BCUT2D eigenvalue weighted by molar-refractivity contribution is -0.140. The topological polar surface area (TPSA) is 159 Å². The van der Waals surface area contributed by atoms with E-state index in [9.17, 15) is 38.1 Å². The minimum atomic E-state index is -3.27. The summed E-state index contributed by atoms with van der Waals surface area (Å²) in [4.78, 5) is 41.0. The van der Waals surface area contributed by atoms with Gasteiger partial charge in [-0.25, -0.2) is 8.42 Å². The van der Waals surface area contributed by atoms with E-state index in [1.54, 1.807) is 14.7 Å². The Hall–Kier alpha value is -1.80. The SMILES string of the molecule is CC(C)(C)CCS(=O)(=O)CCN1CCN(CC(=O)O)CCN(CC(=O)O)CCN(CC(=O)O)CC1. The molecule has 0 aromatic heterocycles. The summed E-state index contributed by atoms with van der Waals surface area (Å²) in [7, 11) is -3.27. The van der Waals surface area contributed by atoms with Gasteiger partial charge in [-0.05, 0) is 11.8 Å². The zero-order chi connectivity index (χ0) is 26.6. The van der Waals surface area contributed by atoms with Crippen LogP contribution in [0.2, 0.25) is 0 Å². The largest absolute Gasteiger partial charge is 0.480 e. The second-order valence-corrected chi connectivity index (χ2v) is 12.6. The molecule has 12 nitrogen and oxygen atoms in total. The van der Waals surface area contributed by atoms with E-state index in [4.69, 9.17) is 0 Å². The van der Waals surface area contributed by atoms with Crippen LogP contribution in [-0.4, -0.2) is 151 Å². The van der Waals surface area contributed by atoms with Crippen LogP contribution in [0.1, 0.15) is 27.2 Å². The summed E-state index contributed by atoms with van der Waals surface area (Å²) in [6.45, 7) is 8.49. The molecular formula is C22H42N4O8S. The third-order valence-electron chi connectivity index (χ3n) is 5.89. The van der Waals surface area contributed by atoms with Crippen LogP contribution in [0.4, 0.5) is 0 Å². The molecule has 0 unspecified atom stereocenters. The van der Waals surface area contributed by atoms with Gasteiger partial charge in [-0.15, -0.1) is 0 Å². The Morgan fingerprint density at radius 2 is 0.943 bits per heavy atom. The lowest BCUT2D eigenvalue weighted by Crippen LogP contribution is -2.49. The molecule has 35 heavy (non-hydrogen) atoms. The summed E-state index contributed by atoms with van der Waals surface area (Å²) in [5, 5.41) is 27.8. The highest BCUT2D eigenvalue weighted by Crippen LogP contribution is 2.19. The van der Waals surface area contributed by atoms with Crippen molar-refractivity contribution in [1.82, 2.24) is 19.6 Å². The highest BCUT2D eigenvalue weighted by molar-refractivity contribution is 7.91. The Labute approximate surface area is 208 Å². The van der Waals surface area contributed by atoms with E-state index in [0.29, 0.717) is 58.8 Å². The number of rotatable bonds is 11. The molecule has 1 aliphatic heterocycles. The molecule has 0 spiro atoms. The molecule has 1 aliphatic rings. The molecule has 1 fully saturated rings. The number of sulfone groups is 1. The average molecular weight is 523 g/mol. The van der Waals surface area contributed by atoms with Gasteiger partial charge < -0.3 is 15.3 Å². The van der Waals surface area contributed by atoms with Gasteiger partial charge >= 0.3 is 17.9 Å². The second-order valence-electron chi connectivity index (χ2n) is 10.3. The molecule has 13 heteroatoms. The van der Waals surface area contributed by atoms with E-state index in [1.807, 2.05) is 25.7 Å². The molecular weight excluding hydrogens is 480 g/mol. The minimum Gasteiger partial charge on any atom is -0.480 e. The number of carboxylic acid groups (broad SMARTS) is 3. The number of hydrogen-bond acceptors (Lipinski definition) is 9. The molecule has 204 valence electrons. The summed E-state index contributed by atoms with van der Waals surface area (Å²) >= 11 is 0. The zero-order valence-electron chi connectivity index (χ0n) is 21.2. The fourth-order valence-electron chi connectivity index (χ4n) is 3.68. The zero-order valence-corrected chi connectivity index (χ0v) is 22.0. The first-order valence-electron chi connectivity index (χ1n) is 11.9. The third-order valence-corrected chi connectivity index (χ3v) is 7.52. The predicted molar refractivity (Wildman–Crippen MR) is 131 cm³/mol. The lowest BCUT2D eigenvalue weighted by Gasteiger charge is -2.33. The summed E-state index contributed by atoms with van der Waals surface area (Å²) in [5.41, 5.74) is -0.0935. The van der Waals surface area contributed by atoms with Crippen molar-refractivity contribution in [2.24, 2.45) is 5.41 Å². The van der Waals surface area contributed by atoms with Crippen LogP contribution in [-0.2, 0) is 24.2 Å². The number of hydrogen-bond donors (Lipinski definition) is 3. The highest BCUT2D eigenvalue weighted by Gasteiger charge is 2.22. The number of aliphatic carboxylic acids is 3. The predicted octanol–water partition coefficient (Wildman–Crippen LogP) is -0.687. The first kappa shape index (κ1) is 31.2. The number of carbonyl (C=O) groups is 3. The van der Waals surface area contributed by atoms with Crippen LogP contribution in [0.5, 0.6) is 0 Å². The minimum absolute atomic E-state index is 0.0205. The van der Waals surface area contributed by atoms with Gasteiger partial charge in [0.05, 0.1) is 31.1 Å². The normalized spacial score (nSPS) is 19.1. The van der Waals surface area contributed by atoms with Gasteiger partial charge in [0.15, 0.2) is 9.84 Å². The van der Waals surface area contributed by atoms with Crippen molar-refractivity contribution < 1.29 is 38.1 Å². The van der Waals surface area contributed by atoms with E-state index in [1.165, 1.54) is 0 Å². The molecule has 0 aromatic carbocycles. The monoisotopic (exact) mass is 522 g/mol. The van der Waals surface area contributed by atoms with Crippen LogP contribution < -0.4 is 0 Å². The first-order chi connectivity index (χ1) is 16.1. The maximum absolute atomic E-state index is 12.6. The summed E-state index contributed by atoms with van der Waals surface area (Å²) in [5.74, 6) is -2.92. The van der Waals surface area contributed by atoms with Gasteiger partial charge in [-0.2, -0.15) is 0 Å². The molecule has 0 atom stereocenters. The maximum Gasteiger partial charge on any atom is 0.317 e. The quantitative estimate of drug-likeness (QED) is 0.314. The van der Waals surface area contributed by atoms with Gasteiger partial charge in [0, 0.05) is 58.9 Å². The van der Waals surface area contributed by atoms with Crippen molar-refractivity contribution in [2.75, 3.05) is 90.0 Å². The van der Waals surface area contributed by atoms with Crippen LogP contribution in [0, 0.1) is 5.41 Å². The van der Waals surface area contributed by atoms with E-state index < -0.39 is 27.7 Å². The van der Waals surface area contributed by atoms with Gasteiger partial charge in [0.1, 0.15) is 0 Å². The molecule has 0 amide bonds. The van der Waals surface area contributed by atoms with Crippen LogP contribution in [0.25, 0.3) is 0 Å². The van der Waals surface area contributed by atoms with E-state index >= 15 is 0 Å². The van der Waals surface area contributed by atoms with Gasteiger partial charge in [-0.1, -0.05) is 20.8 Å². The van der Waals surface area contributed by atoms with Crippen molar-refractivity contribution in [1.29, 1.82) is 0 Å². The molecule has 1 heterocycles. The molecule has 0 aromatic rings.